The maximum absolute atomic E-state index is 13.5. The molecule has 0 bridgehead atoms. The standard InChI is InChI=1S/C29H35N5O3/c1-28(2,3)26(36)32-23-16-10-14-21(30-23)18-34(25(35)20-12-8-7-9-13-20)19-22-15-11-17-24(31-22)33-27(37)29(4,5)6/h7-17H,18-19H2,1-6H3,(H,30,32,36)(H,31,33,37). The van der Waals surface area contributed by atoms with Crippen LogP contribution in [0, 0.1) is 10.8 Å². The zero-order valence-corrected chi connectivity index (χ0v) is 22.3. The number of hydrogen-bond donors (Lipinski definition) is 2. The monoisotopic (exact) mass is 501 g/mol. The van der Waals surface area contributed by atoms with Crippen molar-refractivity contribution in [3.05, 3.63) is 83.7 Å². The third kappa shape index (κ3) is 7.96. The molecule has 0 spiro atoms. The number of aromatic nitrogens is 2. The van der Waals surface area contributed by atoms with Gasteiger partial charge in [-0.3, -0.25) is 14.4 Å². The predicted molar refractivity (Wildman–Crippen MR) is 145 cm³/mol. The van der Waals surface area contributed by atoms with Gasteiger partial charge in [0, 0.05) is 16.4 Å². The molecule has 194 valence electrons. The Morgan fingerprint density at radius 1 is 0.649 bits per heavy atom. The van der Waals surface area contributed by atoms with Crippen LogP contribution in [0.4, 0.5) is 11.6 Å². The molecule has 8 heteroatoms. The Morgan fingerprint density at radius 3 is 1.49 bits per heavy atom. The molecule has 37 heavy (non-hydrogen) atoms. The van der Waals surface area contributed by atoms with Gasteiger partial charge in [-0.1, -0.05) is 71.9 Å². The SMILES string of the molecule is CC(C)(C)C(=O)Nc1cccc(CN(Cc2cccc(NC(=O)C(C)(C)C)n2)C(=O)c2ccccc2)n1. The van der Waals surface area contributed by atoms with Crippen LogP contribution < -0.4 is 10.6 Å². The molecule has 0 radical (unpaired) electrons. The third-order valence-electron chi connectivity index (χ3n) is 5.47. The first kappa shape index (κ1) is 27.5. The average molecular weight is 502 g/mol. The summed E-state index contributed by atoms with van der Waals surface area (Å²) in [5, 5.41) is 5.68. The molecular formula is C29H35N5O3. The summed E-state index contributed by atoms with van der Waals surface area (Å²) >= 11 is 0. The second kappa shape index (κ2) is 11.3. The Labute approximate surface area is 218 Å². The van der Waals surface area contributed by atoms with E-state index in [1.165, 1.54) is 0 Å². The van der Waals surface area contributed by atoms with Gasteiger partial charge in [0.15, 0.2) is 0 Å². The average Bonchev–Trinajstić information content (AvgIpc) is 2.83. The number of benzene rings is 1. The van der Waals surface area contributed by atoms with E-state index >= 15 is 0 Å². The van der Waals surface area contributed by atoms with Gasteiger partial charge in [-0.25, -0.2) is 9.97 Å². The molecule has 0 unspecified atom stereocenters. The Balaban J connectivity index is 1.86. The van der Waals surface area contributed by atoms with Crippen molar-refractivity contribution in [3.8, 4) is 0 Å². The number of hydrogen-bond acceptors (Lipinski definition) is 5. The quantitative estimate of drug-likeness (QED) is 0.458. The molecule has 1 aromatic carbocycles. The van der Waals surface area contributed by atoms with Gasteiger partial charge >= 0.3 is 0 Å². The third-order valence-corrected chi connectivity index (χ3v) is 5.47. The highest BCUT2D eigenvalue weighted by molar-refractivity contribution is 5.95. The van der Waals surface area contributed by atoms with Crippen molar-refractivity contribution in [2.45, 2.75) is 54.6 Å². The molecule has 0 aliphatic carbocycles. The van der Waals surface area contributed by atoms with Gasteiger partial charge in [0.2, 0.25) is 11.8 Å². The van der Waals surface area contributed by atoms with E-state index in [0.717, 1.165) is 0 Å². The molecule has 3 rings (SSSR count). The van der Waals surface area contributed by atoms with E-state index in [1.807, 2.05) is 71.9 Å². The van der Waals surface area contributed by atoms with Gasteiger partial charge in [0.25, 0.3) is 5.91 Å². The predicted octanol–water partition coefficient (Wildman–Crippen LogP) is 5.29. The molecule has 8 nitrogen and oxygen atoms in total. The second-order valence-electron chi connectivity index (χ2n) is 11.0. The normalized spacial score (nSPS) is 11.5. The summed E-state index contributed by atoms with van der Waals surface area (Å²) in [6, 6.07) is 19.7. The summed E-state index contributed by atoms with van der Waals surface area (Å²) in [7, 11) is 0. The van der Waals surface area contributed by atoms with Crippen molar-refractivity contribution in [1.29, 1.82) is 0 Å². The number of carbonyl (C=O) groups is 3. The molecule has 0 saturated carbocycles. The number of carbonyl (C=O) groups excluding carboxylic acids is 3. The summed E-state index contributed by atoms with van der Waals surface area (Å²) in [6.45, 7) is 11.4. The van der Waals surface area contributed by atoms with Gasteiger partial charge in [-0.05, 0) is 36.4 Å². The maximum Gasteiger partial charge on any atom is 0.254 e. The number of pyridine rings is 2. The van der Waals surface area contributed by atoms with E-state index in [9.17, 15) is 14.4 Å². The molecule has 0 aliphatic rings. The fourth-order valence-electron chi connectivity index (χ4n) is 3.24. The van der Waals surface area contributed by atoms with Crippen LogP contribution in [0.1, 0.15) is 63.3 Å². The summed E-state index contributed by atoms with van der Waals surface area (Å²) in [5.74, 6) is 0.377. The van der Waals surface area contributed by atoms with Crippen LogP contribution in [-0.2, 0) is 22.7 Å². The van der Waals surface area contributed by atoms with Crippen LogP contribution in [0.3, 0.4) is 0 Å². The van der Waals surface area contributed by atoms with Crippen molar-refractivity contribution in [3.63, 3.8) is 0 Å². The zero-order chi connectivity index (χ0) is 27.2. The minimum absolute atomic E-state index is 0.146. The topological polar surface area (TPSA) is 104 Å². The van der Waals surface area contributed by atoms with E-state index in [1.54, 1.807) is 41.3 Å². The highest BCUT2D eigenvalue weighted by Crippen LogP contribution is 2.19. The van der Waals surface area contributed by atoms with E-state index < -0.39 is 10.8 Å². The Morgan fingerprint density at radius 2 is 1.08 bits per heavy atom. The first-order valence-corrected chi connectivity index (χ1v) is 12.2. The smallest absolute Gasteiger partial charge is 0.254 e. The highest BCUT2D eigenvalue weighted by Gasteiger charge is 2.23. The number of nitrogens with one attached hydrogen (secondary N) is 2. The molecule has 2 aromatic heterocycles. The Kier molecular flexibility index (Phi) is 8.42. The largest absolute Gasteiger partial charge is 0.327 e. The van der Waals surface area contributed by atoms with Gasteiger partial charge < -0.3 is 15.5 Å². The summed E-state index contributed by atoms with van der Waals surface area (Å²) < 4.78 is 0. The van der Waals surface area contributed by atoms with Crippen LogP contribution in [0.15, 0.2) is 66.7 Å². The van der Waals surface area contributed by atoms with Crippen LogP contribution in [-0.4, -0.2) is 32.6 Å². The molecule has 0 atom stereocenters. The minimum Gasteiger partial charge on any atom is -0.327 e. The molecule has 0 saturated heterocycles. The Bertz CT molecular complexity index is 1190. The number of nitrogens with zero attached hydrogens (tertiary/aromatic N) is 3. The fourth-order valence-corrected chi connectivity index (χ4v) is 3.24. The lowest BCUT2D eigenvalue weighted by molar-refractivity contribution is -0.123. The van der Waals surface area contributed by atoms with Crippen molar-refractivity contribution >= 4 is 29.4 Å². The number of amides is 3. The van der Waals surface area contributed by atoms with Crippen LogP contribution in [0.2, 0.25) is 0 Å². The van der Waals surface area contributed by atoms with E-state index in [-0.39, 0.29) is 30.8 Å². The van der Waals surface area contributed by atoms with E-state index in [4.69, 9.17) is 0 Å². The highest BCUT2D eigenvalue weighted by atomic mass is 16.2. The molecule has 0 aliphatic heterocycles. The fraction of sp³-hybridized carbons (Fsp3) is 0.345. The van der Waals surface area contributed by atoms with E-state index in [0.29, 0.717) is 28.6 Å². The molecule has 3 amide bonds. The summed E-state index contributed by atoms with van der Waals surface area (Å²) in [4.78, 5) is 49.1. The Hall–Kier alpha value is -4.07. The zero-order valence-electron chi connectivity index (χ0n) is 22.3. The van der Waals surface area contributed by atoms with Crippen molar-refractivity contribution in [2.75, 3.05) is 10.6 Å². The van der Waals surface area contributed by atoms with Crippen LogP contribution in [0.25, 0.3) is 0 Å². The van der Waals surface area contributed by atoms with Crippen LogP contribution in [0.5, 0.6) is 0 Å². The lowest BCUT2D eigenvalue weighted by Gasteiger charge is -2.23. The second-order valence-corrected chi connectivity index (χ2v) is 11.0. The maximum atomic E-state index is 13.5. The molecule has 0 fully saturated rings. The van der Waals surface area contributed by atoms with Gasteiger partial charge in [-0.15, -0.1) is 0 Å². The van der Waals surface area contributed by atoms with Crippen molar-refractivity contribution in [2.24, 2.45) is 10.8 Å². The summed E-state index contributed by atoms with van der Waals surface area (Å²) in [6.07, 6.45) is 0. The van der Waals surface area contributed by atoms with Gasteiger partial charge in [0.1, 0.15) is 11.6 Å². The van der Waals surface area contributed by atoms with Crippen molar-refractivity contribution in [1.82, 2.24) is 14.9 Å². The lowest BCUT2D eigenvalue weighted by atomic mass is 9.96. The van der Waals surface area contributed by atoms with Crippen LogP contribution >= 0.6 is 0 Å². The molecule has 3 aromatic rings. The molecule has 2 heterocycles. The summed E-state index contributed by atoms with van der Waals surface area (Å²) in [5.41, 5.74) is 0.649. The van der Waals surface area contributed by atoms with E-state index in [2.05, 4.69) is 20.6 Å². The van der Waals surface area contributed by atoms with Gasteiger partial charge in [0.05, 0.1) is 24.5 Å². The first-order valence-electron chi connectivity index (χ1n) is 12.2. The van der Waals surface area contributed by atoms with Gasteiger partial charge in [-0.2, -0.15) is 0 Å². The lowest BCUT2D eigenvalue weighted by Crippen LogP contribution is -2.31. The number of rotatable bonds is 7. The molecule has 2 N–H and O–H groups in total. The number of anilines is 2. The van der Waals surface area contributed by atoms with Crippen molar-refractivity contribution < 1.29 is 14.4 Å². The molecular weight excluding hydrogens is 466 g/mol. The minimum atomic E-state index is -0.563. The first-order chi connectivity index (χ1) is 17.3.